The summed E-state index contributed by atoms with van der Waals surface area (Å²) in [6.45, 7) is 1.62. The molecule has 1 aliphatic rings. The Morgan fingerprint density at radius 3 is 2.19 bits per heavy atom. The van der Waals surface area contributed by atoms with Gasteiger partial charge in [0.05, 0.1) is 6.61 Å². The zero-order valence-corrected chi connectivity index (χ0v) is 21.7. The lowest BCUT2D eigenvalue weighted by Gasteiger charge is -2.32. The lowest BCUT2D eigenvalue weighted by Crippen LogP contribution is -2.55. The summed E-state index contributed by atoms with van der Waals surface area (Å²) in [6, 6.07) is 1.31. The molecule has 36 heavy (non-hydrogen) atoms. The molecule has 4 atom stereocenters. The molecule has 9 heteroatoms. The fourth-order valence-electron chi connectivity index (χ4n) is 4.72. The van der Waals surface area contributed by atoms with Gasteiger partial charge in [-0.25, -0.2) is 4.79 Å². The Labute approximate surface area is 214 Å². The maximum absolute atomic E-state index is 13.3. The maximum Gasteiger partial charge on any atom is 0.352 e. The van der Waals surface area contributed by atoms with Gasteiger partial charge in [-0.05, 0) is 38.2 Å². The largest absolute Gasteiger partial charge is 0.394 e. The zero-order valence-electron chi connectivity index (χ0n) is 21.7. The monoisotopic (exact) mass is 507 g/mol. The van der Waals surface area contributed by atoms with Crippen LogP contribution in [-0.2, 0) is 15.3 Å². The molecule has 1 aromatic heterocycles. The van der Waals surface area contributed by atoms with E-state index in [1.54, 1.807) is 0 Å². The lowest BCUT2D eigenvalue weighted by atomic mass is 9.94. The van der Waals surface area contributed by atoms with E-state index in [2.05, 4.69) is 24.1 Å². The summed E-state index contributed by atoms with van der Waals surface area (Å²) in [7, 11) is 0. The molecule has 1 aliphatic heterocycles. The van der Waals surface area contributed by atoms with Crippen molar-refractivity contribution in [3.63, 3.8) is 0 Å². The first-order valence-electron chi connectivity index (χ1n) is 13.6. The fraction of sp³-hybridized carbons (Fsp3) is 0.741. The summed E-state index contributed by atoms with van der Waals surface area (Å²) in [5.74, 6) is -0.584. The first kappa shape index (κ1) is 30.2. The summed E-state index contributed by atoms with van der Waals surface area (Å²) in [5, 5.41) is 30.5. The highest BCUT2D eigenvalue weighted by atomic mass is 16.6. The number of rotatable bonds is 18. The van der Waals surface area contributed by atoms with Gasteiger partial charge in [0.25, 0.3) is 0 Å². The molecular weight excluding hydrogens is 462 g/mol. The number of hydrogen-bond acceptors (Lipinski definition) is 8. The number of ketones is 1. The van der Waals surface area contributed by atoms with Gasteiger partial charge in [0.2, 0.25) is 5.72 Å². The van der Waals surface area contributed by atoms with Crippen LogP contribution in [-0.4, -0.2) is 55.6 Å². The molecule has 0 spiro atoms. The number of Topliss-reactive ketones (excluding diaryl/α,β-unsaturated/α-hetero) is 1. The average molecular weight is 508 g/mol. The van der Waals surface area contributed by atoms with Crippen molar-refractivity contribution in [3.8, 4) is 0 Å². The van der Waals surface area contributed by atoms with E-state index in [1.807, 2.05) is 0 Å². The molecule has 204 valence electrons. The molecule has 0 amide bonds. The highest BCUT2D eigenvalue weighted by Gasteiger charge is 2.60. The second-order valence-electron chi connectivity index (χ2n) is 9.73. The molecule has 5 N–H and O–H groups in total. The van der Waals surface area contributed by atoms with E-state index < -0.39 is 42.1 Å². The number of nitrogens with two attached hydrogens (primary N) is 1. The minimum absolute atomic E-state index is 0.0390. The quantitative estimate of drug-likeness (QED) is 0.175. The van der Waals surface area contributed by atoms with Gasteiger partial charge >= 0.3 is 5.69 Å². The maximum atomic E-state index is 13.3. The van der Waals surface area contributed by atoms with Gasteiger partial charge in [-0.15, -0.1) is 0 Å². The van der Waals surface area contributed by atoms with Crippen LogP contribution in [0.3, 0.4) is 0 Å². The van der Waals surface area contributed by atoms with Crippen molar-refractivity contribution in [2.45, 2.75) is 121 Å². The van der Waals surface area contributed by atoms with Crippen LogP contribution in [0.25, 0.3) is 0 Å². The number of aliphatic hydroxyl groups is 3. The topological polar surface area (TPSA) is 148 Å². The highest BCUT2D eigenvalue weighted by molar-refractivity contribution is 5.86. The molecular formula is C27H45N3O6. The molecule has 0 radical (unpaired) electrons. The van der Waals surface area contributed by atoms with E-state index in [0.717, 1.165) is 43.1 Å². The summed E-state index contributed by atoms with van der Waals surface area (Å²) >= 11 is 0. The van der Waals surface area contributed by atoms with Crippen molar-refractivity contribution < 1.29 is 24.9 Å². The smallest absolute Gasteiger partial charge is 0.352 e. The SMILES string of the molecule is CCCCCCCC/C=C\CCCCCCCC(=O)[C@@]1(n2ccc(N)nc2=O)O[C@H](CO)[C@@H](O)[C@H]1O. The predicted molar refractivity (Wildman–Crippen MR) is 139 cm³/mol. The summed E-state index contributed by atoms with van der Waals surface area (Å²) in [6.07, 6.45) is 16.0. The third kappa shape index (κ3) is 8.23. The summed E-state index contributed by atoms with van der Waals surface area (Å²) < 4.78 is 6.51. The molecule has 2 heterocycles. The Hall–Kier alpha value is -2.07. The van der Waals surface area contributed by atoms with Crippen molar-refractivity contribution in [1.29, 1.82) is 0 Å². The second kappa shape index (κ2) is 15.9. The third-order valence-electron chi connectivity index (χ3n) is 6.86. The molecule has 0 aliphatic carbocycles. The van der Waals surface area contributed by atoms with Gasteiger partial charge in [0.15, 0.2) is 5.78 Å². The number of carbonyl (C=O) groups is 1. The number of unbranched alkanes of at least 4 members (excludes halogenated alkanes) is 11. The summed E-state index contributed by atoms with van der Waals surface area (Å²) in [5.41, 5.74) is 2.53. The number of nitrogen functional groups attached to an aromatic ring is 1. The van der Waals surface area contributed by atoms with Crippen LogP contribution < -0.4 is 11.4 Å². The molecule has 2 rings (SSSR count). The number of carbonyl (C=O) groups excluding carboxylic acids is 1. The van der Waals surface area contributed by atoms with E-state index in [-0.39, 0.29) is 12.2 Å². The lowest BCUT2D eigenvalue weighted by molar-refractivity contribution is -0.176. The van der Waals surface area contributed by atoms with Crippen LogP contribution in [0.2, 0.25) is 0 Å². The number of anilines is 1. The van der Waals surface area contributed by atoms with E-state index in [0.29, 0.717) is 6.42 Å². The van der Waals surface area contributed by atoms with Gasteiger partial charge in [-0.3, -0.25) is 9.36 Å². The Kier molecular flexibility index (Phi) is 13.3. The average Bonchev–Trinajstić information content (AvgIpc) is 3.12. The van der Waals surface area contributed by atoms with Gasteiger partial charge < -0.3 is 25.8 Å². The first-order valence-corrected chi connectivity index (χ1v) is 13.6. The van der Waals surface area contributed by atoms with Crippen molar-refractivity contribution in [1.82, 2.24) is 9.55 Å². The highest BCUT2D eigenvalue weighted by Crippen LogP contribution is 2.37. The van der Waals surface area contributed by atoms with Gasteiger partial charge in [-0.1, -0.05) is 70.4 Å². The minimum Gasteiger partial charge on any atom is -0.394 e. The van der Waals surface area contributed by atoms with Crippen LogP contribution in [0.4, 0.5) is 5.82 Å². The molecule has 1 fully saturated rings. The Bertz CT molecular complexity index is 873. The van der Waals surface area contributed by atoms with Crippen LogP contribution in [0, 0.1) is 0 Å². The van der Waals surface area contributed by atoms with Crippen LogP contribution in [0.15, 0.2) is 29.2 Å². The number of allylic oxidation sites excluding steroid dienone is 2. The Morgan fingerprint density at radius 2 is 1.64 bits per heavy atom. The number of ether oxygens (including phenoxy) is 1. The molecule has 9 nitrogen and oxygen atoms in total. The van der Waals surface area contributed by atoms with Crippen LogP contribution in [0.1, 0.15) is 96.8 Å². The van der Waals surface area contributed by atoms with E-state index in [4.69, 9.17) is 10.5 Å². The summed E-state index contributed by atoms with van der Waals surface area (Å²) in [4.78, 5) is 29.4. The number of aromatic nitrogens is 2. The van der Waals surface area contributed by atoms with Crippen LogP contribution >= 0.6 is 0 Å². The van der Waals surface area contributed by atoms with Crippen LogP contribution in [0.5, 0.6) is 0 Å². The van der Waals surface area contributed by atoms with E-state index in [9.17, 15) is 24.9 Å². The van der Waals surface area contributed by atoms with Gasteiger partial charge in [0.1, 0.15) is 24.1 Å². The van der Waals surface area contributed by atoms with Crippen molar-refractivity contribution in [2.75, 3.05) is 12.3 Å². The molecule has 0 bridgehead atoms. The number of aliphatic hydroxyl groups excluding tert-OH is 3. The fourth-order valence-corrected chi connectivity index (χ4v) is 4.72. The number of hydrogen-bond donors (Lipinski definition) is 4. The molecule has 0 saturated carbocycles. The third-order valence-corrected chi connectivity index (χ3v) is 6.86. The molecule has 1 aromatic rings. The standard InChI is InChI=1S/C27H45N3O6/c1-2-3-4-5-6-7-8-9-10-11-12-13-14-15-16-17-22(32)27(25(34)24(33)21(20-31)36-27)30-19-18-23(28)29-26(30)35/h9-10,18-19,21,24-25,31,33-34H,2-8,11-17,20H2,1H3,(H2,28,29,35)/b10-9-/t21-,24-,25-,27-/m1/s1. The minimum atomic E-state index is -2.15. The first-order chi connectivity index (χ1) is 17.4. The van der Waals surface area contributed by atoms with Crippen molar-refractivity contribution >= 4 is 11.6 Å². The van der Waals surface area contributed by atoms with E-state index >= 15 is 0 Å². The Balaban J connectivity index is 1.76. The zero-order chi connectivity index (χ0) is 26.4. The second-order valence-corrected chi connectivity index (χ2v) is 9.73. The predicted octanol–water partition coefficient (Wildman–Crippen LogP) is 3.20. The van der Waals surface area contributed by atoms with Crippen molar-refractivity contribution in [3.05, 3.63) is 34.9 Å². The van der Waals surface area contributed by atoms with Gasteiger partial charge in [-0.2, -0.15) is 4.98 Å². The number of nitrogens with zero attached hydrogens (tertiary/aromatic N) is 2. The Morgan fingerprint density at radius 1 is 1.06 bits per heavy atom. The molecule has 1 saturated heterocycles. The normalized spacial score (nSPS) is 24.1. The molecule has 0 aromatic carbocycles. The van der Waals surface area contributed by atoms with Gasteiger partial charge in [0, 0.05) is 12.6 Å². The van der Waals surface area contributed by atoms with E-state index in [1.165, 1.54) is 50.8 Å². The van der Waals surface area contributed by atoms with Crippen molar-refractivity contribution in [2.24, 2.45) is 0 Å². The molecule has 0 unspecified atom stereocenters.